The highest BCUT2D eigenvalue weighted by Crippen LogP contribution is 2.16. The van der Waals surface area contributed by atoms with Gasteiger partial charge in [0.2, 0.25) is 0 Å². The molecule has 0 spiro atoms. The van der Waals surface area contributed by atoms with Crippen molar-refractivity contribution in [1.82, 2.24) is 10.3 Å². The van der Waals surface area contributed by atoms with Crippen molar-refractivity contribution in [2.24, 2.45) is 4.99 Å². The van der Waals surface area contributed by atoms with Crippen molar-refractivity contribution in [2.45, 2.75) is 6.54 Å². The Morgan fingerprint density at radius 2 is 2.28 bits per heavy atom. The molecular weight excluding hydrogens is 244 g/mol. The van der Waals surface area contributed by atoms with E-state index in [1.165, 1.54) is 11.8 Å². The first-order valence-corrected chi connectivity index (χ1v) is 6.64. The van der Waals surface area contributed by atoms with Gasteiger partial charge in [-0.15, -0.1) is 0 Å². The number of pyridine rings is 1. The van der Waals surface area contributed by atoms with Crippen molar-refractivity contribution in [3.8, 4) is 6.19 Å². The fraction of sp³-hybridized carbons (Fsp3) is 0.154. The molecule has 1 aromatic carbocycles. The molecule has 1 heterocycles. The summed E-state index contributed by atoms with van der Waals surface area (Å²) in [7, 11) is 0. The zero-order chi connectivity index (χ0) is 12.8. The lowest BCUT2D eigenvalue weighted by molar-refractivity contribution is 1.06. The lowest BCUT2D eigenvalue weighted by Crippen LogP contribution is -2.13. The van der Waals surface area contributed by atoms with Crippen molar-refractivity contribution in [3.63, 3.8) is 0 Å². The Kier molecular flexibility index (Phi) is 4.15. The van der Waals surface area contributed by atoms with E-state index in [2.05, 4.69) is 15.3 Å². The summed E-state index contributed by atoms with van der Waals surface area (Å²) in [6.45, 7) is 0.513. The normalized spacial score (nSPS) is 11.2. The lowest BCUT2D eigenvalue weighted by atomic mass is 10.1. The van der Waals surface area contributed by atoms with Crippen LogP contribution in [0.1, 0.15) is 5.56 Å². The predicted molar refractivity (Wildman–Crippen MR) is 75.1 cm³/mol. The number of aliphatic imine (C=N–C) groups is 1. The van der Waals surface area contributed by atoms with E-state index in [4.69, 9.17) is 5.26 Å². The van der Waals surface area contributed by atoms with Gasteiger partial charge >= 0.3 is 0 Å². The molecule has 0 saturated heterocycles. The van der Waals surface area contributed by atoms with Crippen LogP contribution in [-0.4, -0.2) is 16.4 Å². The molecule has 0 aliphatic rings. The Hall–Kier alpha value is -2.06. The van der Waals surface area contributed by atoms with E-state index in [0.717, 1.165) is 16.5 Å². The van der Waals surface area contributed by atoms with Crippen LogP contribution in [0.4, 0.5) is 0 Å². The summed E-state index contributed by atoms with van der Waals surface area (Å²) in [5, 5.41) is 12.8. The van der Waals surface area contributed by atoms with Gasteiger partial charge in [0, 0.05) is 11.6 Å². The predicted octanol–water partition coefficient (Wildman–Crippen LogP) is 2.52. The number of hydrogen-bond donors (Lipinski definition) is 1. The molecule has 18 heavy (non-hydrogen) atoms. The van der Waals surface area contributed by atoms with Gasteiger partial charge < -0.3 is 0 Å². The quantitative estimate of drug-likeness (QED) is 0.388. The molecule has 0 atom stereocenters. The van der Waals surface area contributed by atoms with Crippen molar-refractivity contribution < 1.29 is 0 Å². The van der Waals surface area contributed by atoms with E-state index in [1.54, 1.807) is 6.20 Å². The van der Waals surface area contributed by atoms with Gasteiger partial charge in [-0.25, -0.2) is 0 Å². The second-order valence-electron chi connectivity index (χ2n) is 3.55. The van der Waals surface area contributed by atoms with Crippen molar-refractivity contribution in [2.75, 3.05) is 6.26 Å². The van der Waals surface area contributed by atoms with Crippen LogP contribution in [0.5, 0.6) is 0 Å². The minimum atomic E-state index is 0.513. The summed E-state index contributed by atoms with van der Waals surface area (Å²) in [6.07, 6.45) is 5.53. The van der Waals surface area contributed by atoms with Crippen LogP contribution in [0.15, 0.2) is 41.5 Å². The topological polar surface area (TPSA) is 61.1 Å². The number of para-hydroxylation sites is 1. The van der Waals surface area contributed by atoms with Crippen LogP contribution in [0.25, 0.3) is 10.9 Å². The smallest absolute Gasteiger partial charge is 0.183 e. The Balaban J connectivity index is 2.30. The Morgan fingerprint density at radius 3 is 3.06 bits per heavy atom. The van der Waals surface area contributed by atoms with Gasteiger partial charge in [0.25, 0.3) is 0 Å². The average Bonchev–Trinajstić information content (AvgIpc) is 2.43. The number of aromatic nitrogens is 1. The highest BCUT2D eigenvalue weighted by Gasteiger charge is 2.01. The highest BCUT2D eigenvalue weighted by atomic mass is 32.2. The van der Waals surface area contributed by atoms with Crippen molar-refractivity contribution in [1.29, 1.82) is 5.26 Å². The van der Waals surface area contributed by atoms with E-state index in [9.17, 15) is 0 Å². The summed E-state index contributed by atoms with van der Waals surface area (Å²) in [4.78, 5) is 8.73. The molecule has 0 aliphatic heterocycles. The van der Waals surface area contributed by atoms with Crippen LogP contribution in [0, 0.1) is 11.5 Å². The molecule has 2 aromatic rings. The summed E-state index contributed by atoms with van der Waals surface area (Å²) in [6, 6.07) is 9.96. The number of hydrogen-bond acceptors (Lipinski definition) is 4. The van der Waals surface area contributed by atoms with Crippen LogP contribution in [-0.2, 0) is 6.54 Å². The monoisotopic (exact) mass is 256 g/mol. The second-order valence-corrected chi connectivity index (χ2v) is 4.35. The van der Waals surface area contributed by atoms with Gasteiger partial charge in [-0.3, -0.25) is 15.3 Å². The van der Waals surface area contributed by atoms with Crippen LogP contribution in [0.2, 0.25) is 0 Å². The van der Waals surface area contributed by atoms with Crippen LogP contribution >= 0.6 is 11.8 Å². The van der Waals surface area contributed by atoms with E-state index in [0.29, 0.717) is 11.7 Å². The molecule has 4 nitrogen and oxygen atoms in total. The molecule has 1 aromatic heterocycles. The van der Waals surface area contributed by atoms with Crippen LogP contribution in [0.3, 0.4) is 0 Å². The second kappa shape index (κ2) is 6.03. The lowest BCUT2D eigenvalue weighted by Gasteiger charge is -2.04. The molecule has 2 rings (SSSR count). The number of benzene rings is 1. The fourth-order valence-electron chi connectivity index (χ4n) is 1.65. The summed E-state index contributed by atoms with van der Waals surface area (Å²) < 4.78 is 0. The minimum Gasteiger partial charge on any atom is -0.272 e. The Morgan fingerprint density at radius 1 is 1.44 bits per heavy atom. The van der Waals surface area contributed by atoms with Gasteiger partial charge in [0.1, 0.15) is 0 Å². The van der Waals surface area contributed by atoms with Gasteiger partial charge in [0.05, 0.1) is 12.1 Å². The largest absolute Gasteiger partial charge is 0.272 e. The van der Waals surface area contributed by atoms with Gasteiger partial charge in [0.15, 0.2) is 11.4 Å². The van der Waals surface area contributed by atoms with Gasteiger partial charge in [-0.1, -0.05) is 36.0 Å². The first kappa shape index (κ1) is 12.4. The maximum atomic E-state index is 8.57. The zero-order valence-corrected chi connectivity index (χ0v) is 10.7. The van der Waals surface area contributed by atoms with Gasteiger partial charge in [-0.2, -0.15) is 5.26 Å². The molecule has 0 aliphatic carbocycles. The first-order chi connectivity index (χ1) is 8.85. The van der Waals surface area contributed by atoms with E-state index < -0.39 is 0 Å². The molecule has 0 unspecified atom stereocenters. The van der Waals surface area contributed by atoms with Gasteiger partial charge in [-0.05, 0) is 17.9 Å². The minimum absolute atomic E-state index is 0.513. The number of amidine groups is 1. The first-order valence-electron chi connectivity index (χ1n) is 5.41. The standard InChI is InChI=1S/C13H12N4S/c1-18-13(17-9-14)16-8-11-5-2-4-10-6-3-7-15-12(10)11/h2-7H,8H2,1H3,(H,16,17). The highest BCUT2D eigenvalue weighted by molar-refractivity contribution is 8.13. The summed E-state index contributed by atoms with van der Waals surface area (Å²) in [5.74, 6) is 0. The SMILES string of the molecule is CSC(=NCc1cccc2cccnc12)NC#N. The molecular formula is C13H12N4S. The average molecular weight is 256 g/mol. The zero-order valence-electron chi connectivity index (χ0n) is 9.92. The van der Waals surface area contributed by atoms with E-state index >= 15 is 0 Å². The molecule has 0 bridgehead atoms. The Bertz CT molecular complexity index is 610. The number of rotatable bonds is 2. The molecule has 5 heteroatoms. The Labute approximate surface area is 110 Å². The third-order valence-corrected chi connectivity index (χ3v) is 3.08. The third kappa shape index (κ3) is 2.79. The summed E-state index contributed by atoms with van der Waals surface area (Å²) >= 11 is 1.42. The molecule has 0 amide bonds. The van der Waals surface area contributed by atoms with Crippen molar-refractivity contribution >= 4 is 27.8 Å². The van der Waals surface area contributed by atoms with E-state index in [-0.39, 0.29) is 0 Å². The van der Waals surface area contributed by atoms with Crippen LogP contribution < -0.4 is 5.32 Å². The number of nitriles is 1. The molecule has 0 saturated carbocycles. The molecule has 0 radical (unpaired) electrons. The molecule has 1 N–H and O–H groups in total. The molecule has 0 fully saturated rings. The summed E-state index contributed by atoms with van der Waals surface area (Å²) in [5.41, 5.74) is 2.01. The third-order valence-electron chi connectivity index (χ3n) is 2.47. The maximum absolute atomic E-state index is 8.57. The number of thioether (sulfide) groups is 1. The van der Waals surface area contributed by atoms with Crippen molar-refractivity contribution in [3.05, 3.63) is 42.1 Å². The van der Waals surface area contributed by atoms with E-state index in [1.807, 2.05) is 42.8 Å². The number of nitrogens with one attached hydrogen (secondary N) is 1. The fourth-order valence-corrected chi connectivity index (χ4v) is 2.00. The maximum Gasteiger partial charge on any atom is 0.183 e. The molecule has 90 valence electrons. The number of fused-ring (bicyclic) bond motifs is 1. The number of nitrogens with zero attached hydrogens (tertiary/aromatic N) is 3.